The van der Waals surface area contributed by atoms with Crippen molar-refractivity contribution in [3.63, 3.8) is 0 Å². The zero-order valence-corrected chi connectivity index (χ0v) is 17.3. The van der Waals surface area contributed by atoms with Crippen molar-refractivity contribution < 1.29 is 19.2 Å². The normalized spacial score (nSPS) is 20.2. The SMILES string of the molecule is C[C@@]1(c2ccc3ccccc3c2)NC(=O)N(CC(=O)N2CC(=O)Nc3ccccc32)C1=O. The van der Waals surface area contributed by atoms with Crippen LogP contribution in [0.3, 0.4) is 0 Å². The van der Waals surface area contributed by atoms with Crippen LogP contribution in [0.5, 0.6) is 0 Å². The molecule has 160 valence electrons. The van der Waals surface area contributed by atoms with Crippen molar-refractivity contribution in [3.8, 4) is 0 Å². The summed E-state index contributed by atoms with van der Waals surface area (Å²) in [5.41, 5.74) is 0.377. The number of imide groups is 1. The summed E-state index contributed by atoms with van der Waals surface area (Å²) in [7, 11) is 0. The van der Waals surface area contributed by atoms with Crippen LogP contribution in [0.2, 0.25) is 0 Å². The minimum absolute atomic E-state index is 0.179. The average Bonchev–Trinajstić information content (AvgIpc) is 3.02. The Kier molecular flexibility index (Phi) is 4.44. The van der Waals surface area contributed by atoms with Crippen LogP contribution < -0.4 is 15.5 Å². The van der Waals surface area contributed by atoms with Crippen LogP contribution in [0.15, 0.2) is 66.7 Å². The summed E-state index contributed by atoms with van der Waals surface area (Å²) in [5.74, 6) is -1.37. The van der Waals surface area contributed by atoms with E-state index in [0.717, 1.165) is 15.7 Å². The van der Waals surface area contributed by atoms with E-state index >= 15 is 0 Å². The summed E-state index contributed by atoms with van der Waals surface area (Å²) in [4.78, 5) is 53.3. The summed E-state index contributed by atoms with van der Waals surface area (Å²) < 4.78 is 0. The third kappa shape index (κ3) is 3.08. The summed E-state index contributed by atoms with van der Waals surface area (Å²) in [5, 5.41) is 7.41. The Morgan fingerprint density at radius 2 is 1.69 bits per heavy atom. The first kappa shape index (κ1) is 19.7. The van der Waals surface area contributed by atoms with Gasteiger partial charge in [-0.25, -0.2) is 4.79 Å². The number of hydrogen-bond donors (Lipinski definition) is 2. The quantitative estimate of drug-likeness (QED) is 0.627. The smallest absolute Gasteiger partial charge is 0.323 e. The molecule has 3 aromatic carbocycles. The molecule has 2 heterocycles. The lowest BCUT2D eigenvalue weighted by Gasteiger charge is -2.30. The lowest BCUT2D eigenvalue weighted by atomic mass is 9.90. The van der Waals surface area contributed by atoms with E-state index in [1.54, 1.807) is 37.3 Å². The predicted octanol–water partition coefficient (Wildman–Crippen LogP) is 2.59. The van der Waals surface area contributed by atoms with Crippen LogP contribution in [-0.2, 0) is 19.9 Å². The lowest BCUT2D eigenvalue weighted by molar-refractivity contribution is -0.134. The highest BCUT2D eigenvalue weighted by Gasteiger charge is 2.50. The second kappa shape index (κ2) is 7.19. The maximum Gasteiger partial charge on any atom is 0.325 e. The molecule has 2 aliphatic rings. The molecule has 0 aromatic heterocycles. The zero-order chi connectivity index (χ0) is 22.5. The molecular weight excluding hydrogens is 408 g/mol. The van der Waals surface area contributed by atoms with E-state index in [9.17, 15) is 19.2 Å². The molecular formula is C24H20N4O4. The Balaban J connectivity index is 1.42. The van der Waals surface area contributed by atoms with Gasteiger partial charge in [0.05, 0.1) is 11.4 Å². The van der Waals surface area contributed by atoms with E-state index < -0.39 is 29.9 Å². The molecule has 8 nitrogen and oxygen atoms in total. The van der Waals surface area contributed by atoms with Gasteiger partial charge in [-0.05, 0) is 41.5 Å². The Morgan fingerprint density at radius 3 is 2.50 bits per heavy atom. The highest BCUT2D eigenvalue weighted by Crippen LogP contribution is 2.32. The fraction of sp³-hybridized carbons (Fsp3) is 0.167. The van der Waals surface area contributed by atoms with Crippen molar-refractivity contribution in [3.05, 3.63) is 72.3 Å². The molecule has 0 bridgehead atoms. The Morgan fingerprint density at radius 1 is 0.969 bits per heavy atom. The second-order valence-electron chi connectivity index (χ2n) is 8.05. The van der Waals surface area contributed by atoms with Crippen molar-refractivity contribution in [2.75, 3.05) is 23.3 Å². The van der Waals surface area contributed by atoms with Gasteiger partial charge >= 0.3 is 6.03 Å². The third-order valence-electron chi connectivity index (χ3n) is 5.97. The summed E-state index contributed by atoms with van der Waals surface area (Å²) in [6, 6.07) is 19.6. The largest absolute Gasteiger partial charge is 0.325 e. The third-order valence-corrected chi connectivity index (χ3v) is 5.97. The van der Waals surface area contributed by atoms with Crippen molar-refractivity contribution in [2.24, 2.45) is 0 Å². The second-order valence-corrected chi connectivity index (χ2v) is 8.05. The highest BCUT2D eigenvalue weighted by atomic mass is 16.2. The molecule has 1 saturated heterocycles. The van der Waals surface area contributed by atoms with E-state index in [1.807, 2.05) is 36.4 Å². The number of hydrogen-bond acceptors (Lipinski definition) is 4. The standard InChI is InChI=1S/C24H20N4O4/c1-24(17-11-10-15-6-2-3-7-16(15)12-17)22(31)28(23(32)26-24)14-21(30)27-13-20(29)25-18-8-4-5-9-19(18)27/h2-12H,13-14H2,1H3,(H,25,29)(H,26,32)/t24-/m0/s1. The lowest BCUT2D eigenvalue weighted by Crippen LogP contribution is -2.48. The predicted molar refractivity (Wildman–Crippen MR) is 119 cm³/mol. The molecule has 0 spiro atoms. The molecule has 2 aliphatic heterocycles. The summed E-state index contributed by atoms with van der Waals surface area (Å²) in [6.45, 7) is 0.988. The molecule has 5 rings (SSSR count). The number of urea groups is 1. The van der Waals surface area contributed by atoms with Crippen LogP contribution in [0, 0.1) is 0 Å². The number of benzene rings is 3. The maximum atomic E-state index is 13.3. The van der Waals surface area contributed by atoms with Gasteiger partial charge in [0.2, 0.25) is 11.8 Å². The number of fused-ring (bicyclic) bond motifs is 2. The fourth-order valence-electron chi connectivity index (χ4n) is 4.21. The Labute approximate surface area is 183 Å². The highest BCUT2D eigenvalue weighted by molar-refractivity contribution is 6.14. The average molecular weight is 428 g/mol. The van der Waals surface area contributed by atoms with Crippen LogP contribution >= 0.6 is 0 Å². The van der Waals surface area contributed by atoms with Crippen LogP contribution in [0.4, 0.5) is 16.2 Å². The van der Waals surface area contributed by atoms with Gasteiger partial charge in [0.25, 0.3) is 5.91 Å². The number of nitrogens with zero attached hydrogens (tertiary/aromatic N) is 2. The van der Waals surface area contributed by atoms with E-state index in [4.69, 9.17) is 0 Å². The number of amides is 5. The molecule has 0 radical (unpaired) electrons. The monoisotopic (exact) mass is 428 g/mol. The number of rotatable bonds is 3. The summed E-state index contributed by atoms with van der Waals surface area (Å²) >= 11 is 0. The molecule has 3 aromatic rings. The van der Waals surface area contributed by atoms with E-state index in [-0.39, 0.29) is 12.5 Å². The van der Waals surface area contributed by atoms with Crippen LogP contribution in [0.1, 0.15) is 12.5 Å². The first-order valence-corrected chi connectivity index (χ1v) is 10.2. The number of carbonyl (C=O) groups excluding carboxylic acids is 4. The van der Waals surface area contributed by atoms with Gasteiger partial charge in [0.15, 0.2) is 0 Å². The van der Waals surface area contributed by atoms with E-state index in [1.165, 1.54) is 4.90 Å². The molecule has 0 unspecified atom stereocenters. The molecule has 0 saturated carbocycles. The summed E-state index contributed by atoms with van der Waals surface area (Å²) in [6.07, 6.45) is 0. The first-order chi connectivity index (χ1) is 15.4. The number of anilines is 2. The molecule has 1 fully saturated rings. The molecule has 2 N–H and O–H groups in total. The van der Waals surface area contributed by atoms with Gasteiger partial charge in [-0.1, -0.05) is 48.5 Å². The van der Waals surface area contributed by atoms with Gasteiger partial charge in [0.1, 0.15) is 18.6 Å². The number of nitrogens with one attached hydrogen (secondary N) is 2. The Bertz CT molecular complexity index is 1300. The van der Waals surface area contributed by atoms with E-state index in [0.29, 0.717) is 16.9 Å². The molecule has 5 amide bonds. The van der Waals surface area contributed by atoms with Crippen LogP contribution in [-0.4, -0.2) is 41.7 Å². The molecule has 8 heteroatoms. The van der Waals surface area contributed by atoms with Crippen molar-refractivity contribution in [2.45, 2.75) is 12.5 Å². The van der Waals surface area contributed by atoms with Gasteiger partial charge in [-0.15, -0.1) is 0 Å². The maximum absolute atomic E-state index is 13.3. The number of para-hydroxylation sites is 2. The van der Waals surface area contributed by atoms with Crippen molar-refractivity contribution in [1.29, 1.82) is 0 Å². The zero-order valence-electron chi connectivity index (χ0n) is 17.3. The topological polar surface area (TPSA) is 98.8 Å². The number of carbonyl (C=O) groups is 4. The minimum atomic E-state index is -1.29. The van der Waals surface area contributed by atoms with Crippen molar-refractivity contribution in [1.82, 2.24) is 10.2 Å². The fourth-order valence-corrected chi connectivity index (χ4v) is 4.21. The molecule has 32 heavy (non-hydrogen) atoms. The van der Waals surface area contributed by atoms with Gasteiger partial charge in [-0.3, -0.25) is 24.2 Å². The van der Waals surface area contributed by atoms with E-state index in [2.05, 4.69) is 10.6 Å². The van der Waals surface area contributed by atoms with Gasteiger partial charge in [-0.2, -0.15) is 0 Å². The molecule has 1 atom stereocenters. The first-order valence-electron chi connectivity index (χ1n) is 10.2. The molecule has 0 aliphatic carbocycles. The van der Waals surface area contributed by atoms with Gasteiger partial charge < -0.3 is 10.6 Å². The van der Waals surface area contributed by atoms with Crippen molar-refractivity contribution >= 4 is 45.9 Å². The van der Waals surface area contributed by atoms with Crippen LogP contribution in [0.25, 0.3) is 10.8 Å². The Hall–Kier alpha value is -4.20. The minimum Gasteiger partial charge on any atom is -0.323 e. The van der Waals surface area contributed by atoms with Gasteiger partial charge in [0, 0.05) is 0 Å².